The number of aromatic nitrogens is 1. The summed E-state index contributed by atoms with van der Waals surface area (Å²) in [6.45, 7) is 0. The maximum atomic E-state index is 6.09. The van der Waals surface area contributed by atoms with Crippen LogP contribution >= 0.6 is 27.3 Å². The van der Waals surface area contributed by atoms with Gasteiger partial charge >= 0.3 is 0 Å². The van der Waals surface area contributed by atoms with Gasteiger partial charge in [0, 0.05) is 16.7 Å². The second-order valence-electron chi connectivity index (χ2n) is 3.68. The SMILES string of the molecule is NC(CCc1ccsc1)c1ccc(Br)cn1. The van der Waals surface area contributed by atoms with E-state index >= 15 is 0 Å². The summed E-state index contributed by atoms with van der Waals surface area (Å²) in [7, 11) is 0. The lowest BCUT2D eigenvalue weighted by atomic mass is 10.1. The van der Waals surface area contributed by atoms with Gasteiger partial charge in [0.2, 0.25) is 0 Å². The highest BCUT2D eigenvalue weighted by molar-refractivity contribution is 9.10. The molecule has 1 unspecified atom stereocenters. The fourth-order valence-corrected chi connectivity index (χ4v) is 2.45. The highest BCUT2D eigenvalue weighted by atomic mass is 79.9. The van der Waals surface area contributed by atoms with E-state index in [0.717, 1.165) is 23.0 Å². The summed E-state index contributed by atoms with van der Waals surface area (Å²) >= 11 is 5.09. The van der Waals surface area contributed by atoms with Gasteiger partial charge in [-0.25, -0.2) is 0 Å². The van der Waals surface area contributed by atoms with E-state index < -0.39 is 0 Å². The number of hydrogen-bond acceptors (Lipinski definition) is 3. The van der Waals surface area contributed by atoms with Crippen LogP contribution in [-0.2, 0) is 6.42 Å². The van der Waals surface area contributed by atoms with Crippen molar-refractivity contribution in [3.8, 4) is 0 Å². The zero-order valence-corrected chi connectivity index (χ0v) is 11.2. The molecule has 84 valence electrons. The minimum atomic E-state index is 0.0213. The van der Waals surface area contributed by atoms with Crippen LogP contribution in [0, 0.1) is 0 Å². The van der Waals surface area contributed by atoms with Crippen LogP contribution < -0.4 is 5.73 Å². The van der Waals surface area contributed by atoms with E-state index in [2.05, 4.69) is 37.7 Å². The molecule has 0 saturated heterocycles. The average Bonchev–Trinajstić information content (AvgIpc) is 2.80. The molecule has 0 bridgehead atoms. The Morgan fingerprint density at radius 3 is 2.88 bits per heavy atom. The van der Waals surface area contributed by atoms with Gasteiger partial charge in [0.15, 0.2) is 0 Å². The van der Waals surface area contributed by atoms with E-state index in [1.54, 1.807) is 17.5 Å². The summed E-state index contributed by atoms with van der Waals surface area (Å²) in [6.07, 6.45) is 3.74. The number of halogens is 1. The molecule has 0 aliphatic heterocycles. The van der Waals surface area contributed by atoms with Gasteiger partial charge < -0.3 is 5.73 Å². The van der Waals surface area contributed by atoms with Crippen LogP contribution in [0.4, 0.5) is 0 Å². The minimum absolute atomic E-state index is 0.0213. The highest BCUT2D eigenvalue weighted by Crippen LogP contribution is 2.17. The van der Waals surface area contributed by atoms with Crippen molar-refractivity contribution in [2.24, 2.45) is 5.73 Å². The van der Waals surface area contributed by atoms with Gasteiger partial charge in [-0.05, 0) is 63.3 Å². The van der Waals surface area contributed by atoms with Crippen molar-refractivity contribution in [1.82, 2.24) is 4.98 Å². The second-order valence-corrected chi connectivity index (χ2v) is 5.37. The number of thiophene rings is 1. The zero-order valence-electron chi connectivity index (χ0n) is 8.77. The molecular weight excluding hydrogens is 284 g/mol. The monoisotopic (exact) mass is 296 g/mol. The Labute approximate surface area is 108 Å². The Morgan fingerprint density at radius 1 is 1.38 bits per heavy atom. The zero-order chi connectivity index (χ0) is 11.4. The van der Waals surface area contributed by atoms with Crippen molar-refractivity contribution in [3.63, 3.8) is 0 Å². The molecule has 2 nitrogen and oxygen atoms in total. The molecule has 2 N–H and O–H groups in total. The van der Waals surface area contributed by atoms with Crippen molar-refractivity contribution in [2.75, 3.05) is 0 Å². The molecule has 2 aromatic heterocycles. The fraction of sp³-hybridized carbons (Fsp3) is 0.250. The smallest absolute Gasteiger partial charge is 0.0571 e. The van der Waals surface area contributed by atoms with E-state index in [0.29, 0.717) is 0 Å². The van der Waals surface area contributed by atoms with Crippen LogP contribution in [0.3, 0.4) is 0 Å². The van der Waals surface area contributed by atoms with Crippen LogP contribution in [0.5, 0.6) is 0 Å². The lowest BCUT2D eigenvalue weighted by Crippen LogP contribution is -2.12. The van der Waals surface area contributed by atoms with Crippen LogP contribution in [0.2, 0.25) is 0 Å². The Hall–Kier alpha value is -0.710. The number of pyridine rings is 1. The number of hydrogen-bond donors (Lipinski definition) is 1. The van der Waals surface area contributed by atoms with E-state index in [1.807, 2.05) is 12.1 Å². The van der Waals surface area contributed by atoms with Gasteiger partial charge in [0.25, 0.3) is 0 Å². The van der Waals surface area contributed by atoms with Crippen LogP contribution in [0.25, 0.3) is 0 Å². The first-order valence-electron chi connectivity index (χ1n) is 5.14. The summed E-state index contributed by atoms with van der Waals surface area (Å²) in [6, 6.07) is 6.12. The van der Waals surface area contributed by atoms with Crippen molar-refractivity contribution in [3.05, 3.63) is 50.9 Å². The number of nitrogens with zero attached hydrogens (tertiary/aromatic N) is 1. The highest BCUT2D eigenvalue weighted by Gasteiger charge is 2.07. The first-order valence-corrected chi connectivity index (χ1v) is 6.87. The van der Waals surface area contributed by atoms with Crippen LogP contribution in [0.15, 0.2) is 39.6 Å². The van der Waals surface area contributed by atoms with Crippen molar-refractivity contribution >= 4 is 27.3 Å². The standard InChI is InChI=1S/C12H13BrN2S/c13-10-2-4-12(15-7-10)11(14)3-1-9-5-6-16-8-9/h2,4-8,11H,1,3,14H2. The predicted molar refractivity (Wildman–Crippen MR) is 71.5 cm³/mol. The Balaban J connectivity index is 1.93. The molecule has 0 aliphatic rings. The van der Waals surface area contributed by atoms with E-state index in [4.69, 9.17) is 5.73 Å². The van der Waals surface area contributed by atoms with E-state index in [1.165, 1.54) is 5.56 Å². The molecule has 2 heterocycles. The lowest BCUT2D eigenvalue weighted by Gasteiger charge is -2.10. The largest absolute Gasteiger partial charge is 0.323 e. The molecule has 0 saturated carbocycles. The quantitative estimate of drug-likeness (QED) is 0.937. The van der Waals surface area contributed by atoms with Crippen LogP contribution in [0.1, 0.15) is 23.7 Å². The molecule has 0 amide bonds. The number of rotatable bonds is 4. The Bertz CT molecular complexity index is 425. The summed E-state index contributed by atoms with van der Waals surface area (Å²) in [5, 5.41) is 4.26. The summed E-state index contributed by atoms with van der Waals surface area (Å²) in [5.41, 5.74) is 8.40. The molecule has 0 spiro atoms. The lowest BCUT2D eigenvalue weighted by molar-refractivity contribution is 0.634. The average molecular weight is 297 g/mol. The summed E-state index contributed by atoms with van der Waals surface area (Å²) < 4.78 is 0.987. The molecule has 0 fully saturated rings. The van der Waals surface area contributed by atoms with Gasteiger partial charge in [-0.1, -0.05) is 0 Å². The topological polar surface area (TPSA) is 38.9 Å². The second kappa shape index (κ2) is 5.57. The molecule has 16 heavy (non-hydrogen) atoms. The molecule has 0 aliphatic carbocycles. The first-order chi connectivity index (χ1) is 7.75. The third-order valence-electron chi connectivity index (χ3n) is 2.45. The normalized spacial score (nSPS) is 12.6. The van der Waals surface area contributed by atoms with Crippen molar-refractivity contribution in [1.29, 1.82) is 0 Å². The minimum Gasteiger partial charge on any atom is -0.323 e. The first kappa shape index (κ1) is 11.8. The van der Waals surface area contributed by atoms with Gasteiger partial charge in [-0.3, -0.25) is 4.98 Å². The molecule has 0 radical (unpaired) electrons. The molecule has 2 rings (SSSR count). The third-order valence-corrected chi connectivity index (χ3v) is 3.66. The van der Waals surface area contributed by atoms with E-state index in [9.17, 15) is 0 Å². The summed E-state index contributed by atoms with van der Waals surface area (Å²) in [5.74, 6) is 0. The number of aryl methyl sites for hydroxylation is 1. The Morgan fingerprint density at radius 2 is 2.25 bits per heavy atom. The van der Waals surface area contributed by atoms with Gasteiger partial charge in [0.1, 0.15) is 0 Å². The molecule has 2 aromatic rings. The van der Waals surface area contributed by atoms with Gasteiger partial charge in [0.05, 0.1) is 5.69 Å². The van der Waals surface area contributed by atoms with Crippen molar-refractivity contribution in [2.45, 2.75) is 18.9 Å². The fourth-order valence-electron chi connectivity index (χ4n) is 1.51. The Kier molecular flexibility index (Phi) is 4.09. The van der Waals surface area contributed by atoms with Crippen LogP contribution in [-0.4, -0.2) is 4.98 Å². The van der Waals surface area contributed by atoms with Gasteiger partial charge in [-0.15, -0.1) is 0 Å². The summed E-state index contributed by atoms with van der Waals surface area (Å²) in [4.78, 5) is 4.31. The van der Waals surface area contributed by atoms with Gasteiger partial charge in [-0.2, -0.15) is 11.3 Å². The molecular formula is C12H13BrN2S. The van der Waals surface area contributed by atoms with Crippen molar-refractivity contribution < 1.29 is 0 Å². The maximum Gasteiger partial charge on any atom is 0.0571 e. The third kappa shape index (κ3) is 3.14. The molecule has 4 heteroatoms. The maximum absolute atomic E-state index is 6.09. The molecule has 1 atom stereocenters. The molecule has 0 aromatic carbocycles. The number of nitrogens with two attached hydrogens (primary N) is 1. The van der Waals surface area contributed by atoms with E-state index in [-0.39, 0.29) is 6.04 Å². The predicted octanol–water partition coefficient (Wildman–Crippen LogP) is 3.54.